The third-order valence-corrected chi connectivity index (χ3v) is 6.22. The average molecular weight is 429 g/mol. The van der Waals surface area contributed by atoms with E-state index in [1.807, 2.05) is 0 Å². The number of phenolic OH excluding ortho intramolecular Hbond substituents is 1. The van der Waals surface area contributed by atoms with Crippen LogP contribution in [0.1, 0.15) is 20.7 Å². The van der Waals surface area contributed by atoms with E-state index in [1.165, 1.54) is 30.3 Å². The first-order valence-corrected chi connectivity index (χ1v) is 10.9. The first-order valence-electron chi connectivity index (χ1n) is 9.40. The second kappa shape index (κ2) is 9.10. The molecule has 0 unspecified atom stereocenters. The molecule has 0 saturated carbocycles. The van der Waals surface area contributed by atoms with Crippen molar-refractivity contribution in [3.8, 4) is 5.75 Å². The quantitative estimate of drug-likeness (QED) is 0.676. The van der Waals surface area contributed by atoms with E-state index in [-0.39, 0.29) is 40.1 Å². The van der Waals surface area contributed by atoms with Gasteiger partial charge in [0.2, 0.25) is 10.0 Å². The number of benzene rings is 2. The molecular weight excluding hydrogens is 406 g/mol. The third kappa shape index (κ3) is 4.69. The molecule has 3 rings (SSSR count). The molecular formula is C21H23N3O5S. The summed E-state index contributed by atoms with van der Waals surface area (Å²) in [6, 6.07) is 12.2. The van der Waals surface area contributed by atoms with E-state index in [1.54, 1.807) is 34.1 Å². The zero-order valence-corrected chi connectivity index (χ0v) is 17.1. The van der Waals surface area contributed by atoms with Gasteiger partial charge in [0.15, 0.2) is 0 Å². The number of amides is 2. The highest BCUT2D eigenvalue weighted by Gasteiger charge is 2.27. The summed E-state index contributed by atoms with van der Waals surface area (Å²) < 4.78 is 26.9. The summed E-state index contributed by atoms with van der Waals surface area (Å²) in [7, 11) is -3.73. The molecule has 1 aliphatic rings. The van der Waals surface area contributed by atoms with Crippen molar-refractivity contribution in [2.24, 2.45) is 0 Å². The van der Waals surface area contributed by atoms with Gasteiger partial charge in [0.25, 0.3) is 11.8 Å². The minimum atomic E-state index is -3.73. The number of para-hydroxylation sites is 1. The van der Waals surface area contributed by atoms with Crippen LogP contribution < -0.4 is 4.72 Å². The van der Waals surface area contributed by atoms with Crippen LogP contribution in [0, 0.1) is 0 Å². The van der Waals surface area contributed by atoms with Gasteiger partial charge in [-0.3, -0.25) is 9.59 Å². The van der Waals surface area contributed by atoms with Crippen molar-refractivity contribution in [2.45, 2.75) is 4.90 Å². The van der Waals surface area contributed by atoms with Crippen molar-refractivity contribution < 1.29 is 23.1 Å². The van der Waals surface area contributed by atoms with E-state index in [0.29, 0.717) is 26.2 Å². The van der Waals surface area contributed by atoms with Crippen molar-refractivity contribution in [3.63, 3.8) is 0 Å². The Hall–Kier alpha value is -3.17. The Morgan fingerprint density at radius 2 is 1.63 bits per heavy atom. The van der Waals surface area contributed by atoms with Crippen LogP contribution in [0.25, 0.3) is 0 Å². The molecule has 1 saturated heterocycles. The fourth-order valence-electron chi connectivity index (χ4n) is 3.17. The normalized spacial score (nSPS) is 14.4. The van der Waals surface area contributed by atoms with Crippen molar-refractivity contribution >= 4 is 21.8 Å². The zero-order chi connectivity index (χ0) is 21.7. The molecule has 0 spiro atoms. The molecule has 0 bridgehead atoms. The number of carbonyl (C=O) groups is 2. The van der Waals surface area contributed by atoms with Crippen LogP contribution in [-0.4, -0.2) is 67.9 Å². The number of phenols is 1. The highest BCUT2D eigenvalue weighted by atomic mass is 32.2. The Labute approximate surface area is 175 Å². The Bertz CT molecular complexity index is 1060. The van der Waals surface area contributed by atoms with Gasteiger partial charge in [-0.25, -0.2) is 13.1 Å². The molecule has 8 nitrogen and oxygen atoms in total. The number of nitrogens with zero attached hydrogens (tertiary/aromatic N) is 2. The lowest BCUT2D eigenvalue weighted by atomic mass is 10.1. The molecule has 30 heavy (non-hydrogen) atoms. The Kier molecular flexibility index (Phi) is 6.53. The van der Waals surface area contributed by atoms with Gasteiger partial charge in [-0.2, -0.15) is 0 Å². The summed E-state index contributed by atoms with van der Waals surface area (Å²) in [4.78, 5) is 28.6. The summed E-state index contributed by atoms with van der Waals surface area (Å²) in [5.74, 6) is -0.670. The van der Waals surface area contributed by atoms with Gasteiger partial charge >= 0.3 is 0 Å². The van der Waals surface area contributed by atoms with Crippen LogP contribution in [0.2, 0.25) is 0 Å². The van der Waals surface area contributed by atoms with Crippen LogP contribution in [0.15, 0.2) is 66.1 Å². The number of sulfonamides is 1. The predicted octanol–water partition coefficient (Wildman–Crippen LogP) is 1.45. The van der Waals surface area contributed by atoms with Crippen LogP contribution in [0.4, 0.5) is 0 Å². The number of hydrogen-bond donors (Lipinski definition) is 2. The second-order valence-corrected chi connectivity index (χ2v) is 8.54. The number of piperazine rings is 1. The molecule has 2 aromatic rings. The fraction of sp³-hybridized carbons (Fsp3) is 0.238. The molecule has 0 radical (unpaired) electrons. The largest absolute Gasteiger partial charge is 0.507 e. The third-order valence-electron chi connectivity index (χ3n) is 4.80. The summed E-state index contributed by atoms with van der Waals surface area (Å²) in [5, 5.41) is 9.87. The summed E-state index contributed by atoms with van der Waals surface area (Å²) in [6.45, 7) is 4.82. The van der Waals surface area contributed by atoms with Crippen molar-refractivity contribution in [1.29, 1.82) is 0 Å². The van der Waals surface area contributed by atoms with E-state index in [4.69, 9.17) is 0 Å². The van der Waals surface area contributed by atoms with Gasteiger partial charge in [0.1, 0.15) is 5.75 Å². The number of hydrogen-bond acceptors (Lipinski definition) is 5. The first-order chi connectivity index (χ1) is 14.3. The Morgan fingerprint density at radius 1 is 1.00 bits per heavy atom. The van der Waals surface area contributed by atoms with Crippen LogP contribution >= 0.6 is 0 Å². The Balaban J connectivity index is 1.67. The van der Waals surface area contributed by atoms with Crippen LogP contribution in [0.3, 0.4) is 0 Å². The zero-order valence-electron chi connectivity index (χ0n) is 16.3. The summed E-state index contributed by atoms with van der Waals surface area (Å²) in [5.41, 5.74) is 0.485. The lowest BCUT2D eigenvalue weighted by molar-refractivity contribution is 0.0533. The SMILES string of the molecule is C=CCNS(=O)(=O)c1cccc(C(=O)N2CCN(C(=O)c3ccccc3O)CC2)c1. The molecule has 9 heteroatoms. The fourth-order valence-corrected chi connectivity index (χ4v) is 4.21. The maximum atomic E-state index is 12.8. The van der Waals surface area contributed by atoms with E-state index in [9.17, 15) is 23.1 Å². The van der Waals surface area contributed by atoms with Gasteiger partial charge in [0, 0.05) is 38.3 Å². The minimum Gasteiger partial charge on any atom is -0.507 e. The Morgan fingerprint density at radius 3 is 2.27 bits per heavy atom. The van der Waals surface area contributed by atoms with E-state index in [0.717, 1.165) is 0 Å². The van der Waals surface area contributed by atoms with Crippen molar-refractivity contribution in [3.05, 3.63) is 72.3 Å². The molecule has 158 valence electrons. The maximum Gasteiger partial charge on any atom is 0.257 e. The number of nitrogens with one attached hydrogen (secondary N) is 1. The van der Waals surface area contributed by atoms with Crippen LogP contribution in [-0.2, 0) is 10.0 Å². The van der Waals surface area contributed by atoms with Crippen molar-refractivity contribution in [1.82, 2.24) is 14.5 Å². The topological polar surface area (TPSA) is 107 Å². The number of carbonyl (C=O) groups excluding carboxylic acids is 2. The molecule has 1 aliphatic heterocycles. The molecule has 0 aromatic heterocycles. The highest BCUT2D eigenvalue weighted by molar-refractivity contribution is 7.89. The van der Waals surface area contributed by atoms with Gasteiger partial charge in [-0.1, -0.05) is 24.3 Å². The molecule has 2 amide bonds. The number of rotatable bonds is 6. The molecule has 0 atom stereocenters. The van der Waals surface area contributed by atoms with Gasteiger partial charge < -0.3 is 14.9 Å². The molecule has 2 aromatic carbocycles. The molecule has 1 heterocycles. The second-order valence-electron chi connectivity index (χ2n) is 6.77. The summed E-state index contributed by atoms with van der Waals surface area (Å²) >= 11 is 0. The minimum absolute atomic E-state index is 0.00330. The maximum absolute atomic E-state index is 12.8. The lowest BCUT2D eigenvalue weighted by Crippen LogP contribution is -2.50. The molecule has 2 N–H and O–H groups in total. The standard InChI is InChI=1S/C21H23N3O5S/c1-2-10-22-30(28,29)17-7-5-6-16(15-17)20(26)23-11-13-24(14-12-23)21(27)18-8-3-4-9-19(18)25/h2-9,15,22,25H,1,10-14H2. The van der Waals surface area contributed by atoms with Gasteiger partial charge in [-0.15, -0.1) is 6.58 Å². The predicted molar refractivity (Wildman–Crippen MR) is 112 cm³/mol. The van der Waals surface area contributed by atoms with E-state index >= 15 is 0 Å². The molecule has 1 fully saturated rings. The molecule has 0 aliphatic carbocycles. The number of aromatic hydroxyl groups is 1. The highest BCUT2D eigenvalue weighted by Crippen LogP contribution is 2.20. The average Bonchev–Trinajstić information content (AvgIpc) is 2.77. The van der Waals surface area contributed by atoms with Gasteiger partial charge in [-0.05, 0) is 30.3 Å². The smallest absolute Gasteiger partial charge is 0.257 e. The van der Waals surface area contributed by atoms with Crippen LogP contribution in [0.5, 0.6) is 5.75 Å². The van der Waals surface area contributed by atoms with Gasteiger partial charge in [0.05, 0.1) is 10.5 Å². The summed E-state index contributed by atoms with van der Waals surface area (Å²) in [6.07, 6.45) is 1.43. The van der Waals surface area contributed by atoms with Crippen molar-refractivity contribution in [2.75, 3.05) is 32.7 Å². The lowest BCUT2D eigenvalue weighted by Gasteiger charge is -2.35. The van der Waals surface area contributed by atoms with E-state index in [2.05, 4.69) is 11.3 Å². The monoisotopic (exact) mass is 429 g/mol. The van der Waals surface area contributed by atoms with E-state index < -0.39 is 10.0 Å². The first kappa shape index (κ1) is 21.5.